The van der Waals surface area contributed by atoms with E-state index in [-0.39, 0.29) is 0 Å². The lowest BCUT2D eigenvalue weighted by Gasteiger charge is -2.12. The Labute approximate surface area is 354 Å². The van der Waals surface area contributed by atoms with Gasteiger partial charge in [0.15, 0.2) is 17.5 Å². The smallest absolute Gasteiger partial charge is 0.164 e. The Kier molecular flexibility index (Phi) is 9.10. The first-order chi connectivity index (χ1) is 30.2. The van der Waals surface area contributed by atoms with Crippen molar-refractivity contribution in [2.75, 3.05) is 0 Å². The fraction of sp³-hybridized carbons (Fsp3) is 0. The van der Waals surface area contributed by atoms with E-state index in [1.54, 1.807) is 0 Å². The Balaban J connectivity index is 1.12. The molecule has 11 rings (SSSR count). The molecule has 0 aliphatic rings. The maximum Gasteiger partial charge on any atom is 0.164 e. The Hall–Kier alpha value is -8.28. The molecule has 0 spiro atoms. The largest absolute Gasteiger partial charge is 0.232 e. The summed E-state index contributed by atoms with van der Waals surface area (Å²) in [5.74, 6) is 1.78. The zero-order valence-corrected chi connectivity index (χ0v) is 33.1. The van der Waals surface area contributed by atoms with Crippen LogP contribution >= 0.6 is 0 Å². The maximum atomic E-state index is 5.47. The highest BCUT2D eigenvalue weighted by molar-refractivity contribution is 6.17. The van der Waals surface area contributed by atoms with Crippen LogP contribution in [0, 0.1) is 0 Å². The third-order valence-corrected chi connectivity index (χ3v) is 11.2. The molecule has 5 heteroatoms. The van der Waals surface area contributed by atoms with E-state index in [0.29, 0.717) is 17.5 Å². The van der Waals surface area contributed by atoms with Crippen molar-refractivity contribution >= 4 is 21.7 Å². The molecule has 0 radical (unpaired) electrons. The minimum atomic E-state index is 0.576. The summed E-state index contributed by atoms with van der Waals surface area (Å²) >= 11 is 0. The van der Waals surface area contributed by atoms with Crippen LogP contribution in [-0.4, -0.2) is 24.7 Å². The molecular weight excluding hydrogens is 743 g/mol. The molecule has 11 aromatic rings. The van der Waals surface area contributed by atoms with E-state index in [0.717, 1.165) is 88.7 Å². The Morgan fingerprint density at radius 1 is 0.311 bits per heavy atom. The van der Waals surface area contributed by atoms with Crippen molar-refractivity contribution in [1.29, 1.82) is 0 Å². The highest BCUT2D eigenvalue weighted by atomic mass is 15.3. The van der Waals surface area contributed by atoms with Gasteiger partial charge in [-0.1, -0.05) is 194 Å². The number of hydrogen-bond acceptors (Lipinski definition) is 4. The van der Waals surface area contributed by atoms with Gasteiger partial charge in [0.05, 0.1) is 11.2 Å². The predicted octanol–water partition coefficient (Wildman–Crippen LogP) is 14.0. The molecule has 286 valence electrons. The van der Waals surface area contributed by atoms with Crippen molar-refractivity contribution in [3.63, 3.8) is 0 Å². The van der Waals surface area contributed by atoms with E-state index < -0.39 is 0 Å². The van der Waals surface area contributed by atoms with Crippen LogP contribution in [0.2, 0.25) is 0 Å². The minimum Gasteiger partial charge on any atom is -0.232 e. The number of aromatic nitrogens is 5. The molecule has 61 heavy (non-hydrogen) atoms. The molecule has 5 nitrogen and oxygen atoms in total. The van der Waals surface area contributed by atoms with Crippen molar-refractivity contribution < 1.29 is 0 Å². The monoisotopic (exact) mass is 779 g/mol. The van der Waals surface area contributed by atoms with E-state index >= 15 is 0 Å². The molecule has 0 bridgehead atoms. The summed E-state index contributed by atoms with van der Waals surface area (Å²) in [5.41, 5.74) is 13.3. The van der Waals surface area contributed by atoms with Gasteiger partial charge in [-0.2, -0.15) is 5.10 Å². The normalized spacial score (nSPS) is 11.3. The zero-order valence-electron chi connectivity index (χ0n) is 33.1. The Morgan fingerprint density at radius 3 is 1.30 bits per heavy atom. The highest BCUT2D eigenvalue weighted by Gasteiger charge is 2.22. The second-order valence-electron chi connectivity index (χ2n) is 15.1. The van der Waals surface area contributed by atoms with Crippen molar-refractivity contribution in [2.45, 2.75) is 0 Å². The molecule has 0 amide bonds. The summed E-state index contributed by atoms with van der Waals surface area (Å²) in [6.45, 7) is 0. The van der Waals surface area contributed by atoms with Gasteiger partial charge in [0, 0.05) is 33.0 Å². The number of nitrogens with zero attached hydrogens (tertiary/aromatic N) is 5. The van der Waals surface area contributed by atoms with Crippen LogP contribution in [0.1, 0.15) is 0 Å². The first-order valence-electron chi connectivity index (χ1n) is 20.5. The molecular formula is C56H37N5. The fourth-order valence-corrected chi connectivity index (χ4v) is 8.30. The summed E-state index contributed by atoms with van der Waals surface area (Å²) in [4.78, 5) is 15.6. The molecule has 0 aliphatic carbocycles. The fourth-order valence-electron chi connectivity index (χ4n) is 8.30. The van der Waals surface area contributed by atoms with Crippen LogP contribution < -0.4 is 0 Å². The first-order valence-corrected chi connectivity index (χ1v) is 20.5. The molecule has 0 saturated carbocycles. The average molecular weight is 780 g/mol. The summed E-state index contributed by atoms with van der Waals surface area (Å²) in [6.07, 6.45) is 0. The molecule has 2 heterocycles. The molecule has 0 N–H and O–H groups in total. The van der Waals surface area contributed by atoms with Crippen molar-refractivity contribution in [1.82, 2.24) is 24.7 Å². The second-order valence-corrected chi connectivity index (χ2v) is 15.1. The minimum absolute atomic E-state index is 0.576. The van der Waals surface area contributed by atoms with Crippen LogP contribution in [0.25, 0.3) is 106 Å². The van der Waals surface area contributed by atoms with Gasteiger partial charge < -0.3 is 0 Å². The Morgan fingerprint density at radius 2 is 0.738 bits per heavy atom. The lowest BCUT2D eigenvalue weighted by molar-refractivity contribution is 0.917. The van der Waals surface area contributed by atoms with E-state index in [2.05, 4.69) is 211 Å². The summed E-state index contributed by atoms with van der Waals surface area (Å²) < 4.78 is 2.10. The number of fused-ring (bicyclic) bond motifs is 3. The van der Waals surface area contributed by atoms with E-state index in [9.17, 15) is 0 Å². The number of rotatable bonds is 8. The van der Waals surface area contributed by atoms with Crippen molar-refractivity contribution in [3.8, 4) is 84.5 Å². The van der Waals surface area contributed by atoms with Gasteiger partial charge >= 0.3 is 0 Å². The lowest BCUT2D eigenvalue weighted by Crippen LogP contribution is -2.02. The van der Waals surface area contributed by atoms with Crippen LogP contribution in [0.3, 0.4) is 0 Å². The molecule has 0 unspecified atom stereocenters. The van der Waals surface area contributed by atoms with Gasteiger partial charge in [-0.25, -0.2) is 19.6 Å². The van der Waals surface area contributed by atoms with Crippen LogP contribution in [0.5, 0.6) is 0 Å². The predicted molar refractivity (Wildman–Crippen MR) is 250 cm³/mol. The van der Waals surface area contributed by atoms with E-state index in [1.165, 1.54) is 0 Å². The van der Waals surface area contributed by atoms with Gasteiger partial charge in [0.25, 0.3) is 0 Å². The zero-order chi connectivity index (χ0) is 40.5. The maximum absolute atomic E-state index is 5.47. The topological polar surface area (TPSA) is 56.5 Å². The SMILES string of the molecule is c1ccc(-c2cccc(-c3nc(-c4cccc(-c5ccccc5)c4)nc(-c4cccc(-n5nc(-c6ccccc6)c6c(-c7ccccc7)cc7ccccc7c65)c4)n3)c2)cc1. The van der Waals surface area contributed by atoms with E-state index in [4.69, 9.17) is 20.1 Å². The summed E-state index contributed by atoms with van der Waals surface area (Å²) in [6, 6.07) is 78.0. The van der Waals surface area contributed by atoms with Crippen LogP contribution in [0.4, 0.5) is 0 Å². The standard InChI is InChI=1S/C56H37N5/c1-5-18-38(19-6-1)42-27-15-29-45(34-42)54-57-55(46-30-16-28-43(35-46)39-20-7-2-8-21-39)59-56(58-54)47-31-17-32-48(36-47)61-53-49-33-14-13-26-44(49)37-50(40-22-9-3-10-23-40)51(53)52(60-61)41-24-11-4-12-25-41/h1-37H. The van der Waals surface area contributed by atoms with Gasteiger partial charge in [-0.3, -0.25) is 0 Å². The van der Waals surface area contributed by atoms with Crippen molar-refractivity contribution in [3.05, 3.63) is 224 Å². The first kappa shape index (κ1) is 35.8. The summed E-state index contributed by atoms with van der Waals surface area (Å²) in [5, 5.41) is 8.84. The summed E-state index contributed by atoms with van der Waals surface area (Å²) in [7, 11) is 0. The number of benzene rings is 9. The second kappa shape index (κ2) is 15.5. The molecule has 0 atom stereocenters. The van der Waals surface area contributed by atoms with Gasteiger partial charge in [-0.15, -0.1) is 0 Å². The number of hydrogen-bond donors (Lipinski definition) is 0. The molecule has 0 fully saturated rings. The highest BCUT2D eigenvalue weighted by Crippen LogP contribution is 2.42. The quantitative estimate of drug-likeness (QED) is 0.154. The van der Waals surface area contributed by atoms with E-state index in [1.807, 2.05) is 18.2 Å². The van der Waals surface area contributed by atoms with Gasteiger partial charge in [0.2, 0.25) is 0 Å². The van der Waals surface area contributed by atoms with Crippen LogP contribution in [-0.2, 0) is 0 Å². The molecule has 2 aromatic heterocycles. The molecule has 0 saturated heterocycles. The van der Waals surface area contributed by atoms with Crippen LogP contribution in [0.15, 0.2) is 224 Å². The van der Waals surface area contributed by atoms with Gasteiger partial charge in [-0.05, 0) is 69.1 Å². The van der Waals surface area contributed by atoms with Gasteiger partial charge in [0.1, 0.15) is 5.69 Å². The third-order valence-electron chi connectivity index (χ3n) is 11.2. The molecule has 0 aliphatic heterocycles. The van der Waals surface area contributed by atoms with Crippen molar-refractivity contribution in [2.24, 2.45) is 0 Å². The lowest BCUT2D eigenvalue weighted by atomic mass is 9.94. The third kappa shape index (κ3) is 6.84. The Bertz CT molecular complexity index is 3240. The average Bonchev–Trinajstić information content (AvgIpc) is 3.76. The molecule has 9 aromatic carbocycles.